The number of amides is 1. The molecule has 0 spiro atoms. The monoisotopic (exact) mass is 429 g/mol. The number of benzene rings is 2. The van der Waals surface area contributed by atoms with Crippen LogP contribution in [0.5, 0.6) is 0 Å². The molecule has 3 rings (SSSR count). The first kappa shape index (κ1) is 22.2. The van der Waals surface area contributed by atoms with Gasteiger partial charge in [-0.3, -0.25) is 9.10 Å². The first-order valence-corrected chi connectivity index (χ1v) is 12.3. The van der Waals surface area contributed by atoms with E-state index in [-0.39, 0.29) is 18.5 Å². The van der Waals surface area contributed by atoms with Crippen molar-refractivity contribution in [2.75, 3.05) is 35.1 Å². The van der Waals surface area contributed by atoms with Gasteiger partial charge in [-0.1, -0.05) is 30.3 Å². The third kappa shape index (κ3) is 5.53. The van der Waals surface area contributed by atoms with Crippen LogP contribution < -0.4 is 14.5 Å². The summed E-state index contributed by atoms with van der Waals surface area (Å²) < 4.78 is 25.8. The van der Waals surface area contributed by atoms with Crippen molar-refractivity contribution < 1.29 is 13.2 Å². The number of sulfonamides is 1. The standard InChI is InChI=1S/C23H31N3O3S/c1-18-9-5-6-10-22(18)26(30(3,28)29)17-23(27)24-19(2)20-11-13-21(14-12-20)25-15-7-4-8-16-25/h5-6,9-14,19H,4,7-8,15-17H2,1-3H3,(H,24,27). The van der Waals surface area contributed by atoms with Crippen molar-refractivity contribution in [3.8, 4) is 0 Å². The van der Waals surface area contributed by atoms with E-state index in [9.17, 15) is 13.2 Å². The second-order valence-corrected chi connectivity index (χ2v) is 9.89. The third-order valence-electron chi connectivity index (χ3n) is 5.56. The molecule has 0 aliphatic carbocycles. The molecule has 1 aliphatic heterocycles. The fourth-order valence-corrected chi connectivity index (χ4v) is 4.77. The summed E-state index contributed by atoms with van der Waals surface area (Å²) in [5.41, 5.74) is 3.52. The topological polar surface area (TPSA) is 69.7 Å². The molecule has 6 nitrogen and oxygen atoms in total. The van der Waals surface area contributed by atoms with E-state index in [1.165, 1.54) is 24.9 Å². The van der Waals surface area contributed by atoms with Crippen LogP contribution in [-0.4, -0.2) is 40.2 Å². The van der Waals surface area contributed by atoms with E-state index in [1.54, 1.807) is 12.1 Å². The number of nitrogens with zero attached hydrogens (tertiary/aromatic N) is 2. The first-order valence-electron chi connectivity index (χ1n) is 10.4. The van der Waals surface area contributed by atoms with Gasteiger partial charge in [0, 0.05) is 18.8 Å². The lowest BCUT2D eigenvalue weighted by atomic mass is 10.1. The van der Waals surface area contributed by atoms with Crippen LogP contribution in [-0.2, 0) is 14.8 Å². The van der Waals surface area contributed by atoms with Crippen molar-refractivity contribution in [2.45, 2.75) is 39.2 Å². The van der Waals surface area contributed by atoms with Gasteiger partial charge in [-0.25, -0.2) is 8.42 Å². The minimum absolute atomic E-state index is 0.216. The molecule has 7 heteroatoms. The smallest absolute Gasteiger partial charge is 0.241 e. The Morgan fingerprint density at radius 3 is 2.30 bits per heavy atom. The summed E-state index contributed by atoms with van der Waals surface area (Å²) in [6.45, 7) is 5.67. The number of rotatable bonds is 7. The van der Waals surface area contributed by atoms with E-state index < -0.39 is 10.0 Å². The molecule has 1 N–H and O–H groups in total. The molecule has 2 aromatic carbocycles. The Balaban J connectivity index is 1.66. The highest BCUT2D eigenvalue weighted by Gasteiger charge is 2.23. The summed E-state index contributed by atoms with van der Waals surface area (Å²) in [5.74, 6) is -0.337. The van der Waals surface area contributed by atoms with Gasteiger partial charge in [-0.2, -0.15) is 0 Å². The number of hydrogen-bond acceptors (Lipinski definition) is 4. The van der Waals surface area contributed by atoms with Crippen molar-refractivity contribution in [3.63, 3.8) is 0 Å². The van der Waals surface area contributed by atoms with Crippen molar-refractivity contribution in [1.29, 1.82) is 0 Å². The van der Waals surface area contributed by atoms with Crippen LogP contribution >= 0.6 is 0 Å². The summed E-state index contributed by atoms with van der Waals surface area (Å²) in [5, 5.41) is 2.93. The molecular weight excluding hydrogens is 398 g/mol. The number of anilines is 2. The highest BCUT2D eigenvalue weighted by Crippen LogP contribution is 2.24. The molecule has 1 atom stereocenters. The summed E-state index contributed by atoms with van der Waals surface area (Å²) in [6, 6.07) is 15.2. The average molecular weight is 430 g/mol. The van der Waals surface area contributed by atoms with Gasteiger partial charge in [0.2, 0.25) is 15.9 Å². The number of aryl methyl sites for hydroxylation is 1. The molecule has 0 saturated carbocycles. The highest BCUT2D eigenvalue weighted by molar-refractivity contribution is 7.92. The number of piperidine rings is 1. The average Bonchev–Trinajstić information content (AvgIpc) is 2.72. The van der Waals surface area contributed by atoms with Crippen LogP contribution in [0.2, 0.25) is 0 Å². The van der Waals surface area contributed by atoms with Gasteiger partial charge in [0.15, 0.2) is 0 Å². The maximum absolute atomic E-state index is 12.7. The van der Waals surface area contributed by atoms with Gasteiger partial charge >= 0.3 is 0 Å². The Bertz CT molecular complexity index is 967. The molecule has 2 aromatic rings. The number of hydrogen-bond donors (Lipinski definition) is 1. The predicted octanol–water partition coefficient (Wildman–Crippen LogP) is 3.63. The van der Waals surface area contributed by atoms with Gasteiger partial charge in [-0.15, -0.1) is 0 Å². The zero-order valence-corrected chi connectivity index (χ0v) is 18.8. The van der Waals surface area contributed by atoms with Gasteiger partial charge in [0.1, 0.15) is 6.54 Å². The van der Waals surface area contributed by atoms with E-state index in [2.05, 4.69) is 22.3 Å². The van der Waals surface area contributed by atoms with E-state index in [1.807, 2.05) is 38.1 Å². The van der Waals surface area contributed by atoms with Crippen LogP contribution in [0.1, 0.15) is 43.4 Å². The molecule has 1 fully saturated rings. The van der Waals surface area contributed by atoms with Crippen LogP contribution in [0.15, 0.2) is 48.5 Å². The fraction of sp³-hybridized carbons (Fsp3) is 0.435. The molecule has 1 unspecified atom stereocenters. The Morgan fingerprint density at radius 2 is 1.70 bits per heavy atom. The van der Waals surface area contributed by atoms with Crippen LogP contribution in [0, 0.1) is 6.92 Å². The number of nitrogens with one attached hydrogen (secondary N) is 1. The maximum Gasteiger partial charge on any atom is 0.241 e. The molecule has 0 radical (unpaired) electrons. The van der Waals surface area contributed by atoms with Gasteiger partial charge < -0.3 is 10.2 Å². The highest BCUT2D eigenvalue weighted by atomic mass is 32.2. The minimum Gasteiger partial charge on any atom is -0.372 e. The molecule has 1 amide bonds. The SMILES string of the molecule is Cc1ccccc1N(CC(=O)NC(C)c1ccc(N2CCCCC2)cc1)S(C)(=O)=O. The zero-order valence-electron chi connectivity index (χ0n) is 18.0. The van der Waals surface area contributed by atoms with E-state index in [4.69, 9.17) is 0 Å². The van der Waals surface area contributed by atoms with Gasteiger partial charge in [0.05, 0.1) is 18.0 Å². The van der Waals surface area contributed by atoms with Crippen LogP contribution in [0.3, 0.4) is 0 Å². The predicted molar refractivity (Wildman–Crippen MR) is 122 cm³/mol. The van der Waals surface area contributed by atoms with Crippen molar-refractivity contribution in [3.05, 3.63) is 59.7 Å². The third-order valence-corrected chi connectivity index (χ3v) is 6.69. The Labute approximate surface area is 179 Å². The Hall–Kier alpha value is -2.54. The normalized spacial score (nSPS) is 15.5. The fourth-order valence-electron chi connectivity index (χ4n) is 3.85. The summed E-state index contributed by atoms with van der Waals surface area (Å²) in [4.78, 5) is 15.0. The molecule has 0 bridgehead atoms. The largest absolute Gasteiger partial charge is 0.372 e. The second kappa shape index (κ2) is 9.51. The minimum atomic E-state index is -3.59. The maximum atomic E-state index is 12.7. The van der Waals surface area contributed by atoms with Crippen LogP contribution in [0.4, 0.5) is 11.4 Å². The summed E-state index contributed by atoms with van der Waals surface area (Å²) in [6.07, 6.45) is 4.87. The van der Waals surface area contributed by atoms with Gasteiger partial charge in [0.25, 0.3) is 0 Å². The molecule has 162 valence electrons. The number of para-hydroxylation sites is 1. The molecule has 30 heavy (non-hydrogen) atoms. The lowest BCUT2D eigenvalue weighted by Gasteiger charge is -2.29. The van der Waals surface area contributed by atoms with Crippen LogP contribution in [0.25, 0.3) is 0 Å². The lowest BCUT2D eigenvalue weighted by Crippen LogP contribution is -2.41. The van der Waals surface area contributed by atoms with E-state index in [0.717, 1.165) is 34.8 Å². The van der Waals surface area contributed by atoms with Gasteiger partial charge in [-0.05, 0) is 62.4 Å². The number of carbonyl (C=O) groups is 1. The van der Waals surface area contributed by atoms with E-state index >= 15 is 0 Å². The van der Waals surface area contributed by atoms with E-state index in [0.29, 0.717) is 5.69 Å². The van der Waals surface area contributed by atoms with Crippen molar-refractivity contribution in [2.24, 2.45) is 0 Å². The lowest BCUT2D eigenvalue weighted by molar-refractivity contribution is -0.120. The van der Waals surface area contributed by atoms with Crippen molar-refractivity contribution in [1.82, 2.24) is 5.32 Å². The summed E-state index contributed by atoms with van der Waals surface area (Å²) >= 11 is 0. The molecule has 1 saturated heterocycles. The quantitative estimate of drug-likeness (QED) is 0.730. The zero-order chi connectivity index (χ0) is 21.7. The Morgan fingerprint density at radius 1 is 1.07 bits per heavy atom. The summed E-state index contributed by atoms with van der Waals surface area (Å²) in [7, 11) is -3.59. The first-order chi connectivity index (χ1) is 14.3. The molecular formula is C23H31N3O3S. The van der Waals surface area contributed by atoms with Crippen molar-refractivity contribution >= 4 is 27.3 Å². The Kier molecular flexibility index (Phi) is 7.02. The molecule has 1 heterocycles. The second-order valence-electron chi connectivity index (χ2n) is 7.98. The molecule has 0 aromatic heterocycles. The molecule has 1 aliphatic rings. The number of carbonyl (C=O) groups excluding carboxylic acids is 1.